The van der Waals surface area contributed by atoms with Crippen molar-refractivity contribution in [3.05, 3.63) is 274 Å². The molecule has 1 aliphatic rings. The lowest BCUT2D eigenvalue weighted by atomic mass is 9.90. The fourth-order valence-electron chi connectivity index (χ4n) is 7.45. The van der Waals surface area contributed by atoms with Crippen LogP contribution in [-0.4, -0.2) is 0 Å². The first kappa shape index (κ1) is 38.3. The maximum Gasteiger partial charge on any atom is -0.00198 e. The molecule has 0 amide bonds. The van der Waals surface area contributed by atoms with Crippen molar-refractivity contribution in [1.82, 2.24) is 0 Å². The fourth-order valence-corrected chi connectivity index (χ4v) is 7.45. The van der Waals surface area contributed by atoms with Gasteiger partial charge in [-0.1, -0.05) is 237 Å². The van der Waals surface area contributed by atoms with Gasteiger partial charge in [-0.05, 0) is 112 Å². The molecule has 1 aliphatic carbocycles. The maximum atomic E-state index is 4.57. The molecule has 7 aromatic rings. The Labute approximate surface area is 348 Å². The summed E-state index contributed by atoms with van der Waals surface area (Å²) in [7, 11) is 0. The molecule has 0 aromatic heterocycles. The normalized spacial score (nSPS) is 17.1. The average Bonchev–Trinajstić information content (AvgIpc) is 3.28. The van der Waals surface area contributed by atoms with E-state index < -0.39 is 0 Å². The topological polar surface area (TPSA) is 0 Å². The summed E-state index contributed by atoms with van der Waals surface area (Å²) in [6.45, 7) is 4.57. The Kier molecular flexibility index (Phi) is 12.4. The molecule has 7 aromatic carbocycles. The van der Waals surface area contributed by atoms with Crippen molar-refractivity contribution in [3.8, 4) is 22.3 Å². The molecule has 0 unspecified atom stereocenters. The van der Waals surface area contributed by atoms with E-state index in [1.165, 1.54) is 43.8 Å². The van der Waals surface area contributed by atoms with E-state index in [4.69, 9.17) is 0 Å². The van der Waals surface area contributed by atoms with Gasteiger partial charge >= 0.3 is 0 Å². The third-order valence-corrected chi connectivity index (χ3v) is 10.6. The predicted molar refractivity (Wildman–Crippen MR) is 257 cm³/mol. The lowest BCUT2D eigenvalue weighted by molar-refractivity contribution is 1.28. The molecule has 0 heterocycles. The molecule has 0 heteroatoms. The zero-order chi connectivity index (χ0) is 40.1. The van der Waals surface area contributed by atoms with Crippen molar-refractivity contribution in [1.29, 1.82) is 0 Å². The van der Waals surface area contributed by atoms with E-state index in [9.17, 15) is 0 Å². The zero-order valence-corrected chi connectivity index (χ0v) is 33.2. The van der Waals surface area contributed by atoms with Crippen molar-refractivity contribution in [3.63, 3.8) is 0 Å². The summed E-state index contributed by atoms with van der Waals surface area (Å²) in [5.41, 5.74) is 10.7. The molecule has 8 rings (SSSR count). The van der Waals surface area contributed by atoms with E-state index in [-0.39, 0.29) is 0 Å². The van der Waals surface area contributed by atoms with E-state index in [0.29, 0.717) is 0 Å². The number of rotatable bonds is 9. The molecular weight excluding hydrogens is 709 g/mol. The summed E-state index contributed by atoms with van der Waals surface area (Å²) >= 11 is 0. The predicted octanol–water partition coefficient (Wildman–Crippen LogP) is 12.1. The van der Waals surface area contributed by atoms with Crippen LogP contribution in [0.3, 0.4) is 0 Å². The van der Waals surface area contributed by atoms with E-state index >= 15 is 0 Å². The van der Waals surface area contributed by atoms with Gasteiger partial charge in [0.05, 0.1) is 0 Å². The molecule has 0 aliphatic heterocycles. The van der Waals surface area contributed by atoms with Crippen LogP contribution in [0.1, 0.15) is 16.7 Å². The van der Waals surface area contributed by atoms with Crippen molar-refractivity contribution in [2.75, 3.05) is 0 Å². The minimum atomic E-state index is 0.870. The van der Waals surface area contributed by atoms with Crippen molar-refractivity contribution in [2.24, 2.45) is 0 Å². The fraction of sp³-hybridized carbons (Fsp3) is 0.0169. The van der Waals surface area contributed by atoms with Crippen LogP contribution in [0.4, 0.5) is 0 Å². The lowest BCUT2D eigenvalue weighted by Gasteiger charge is -2.14. The van der Waals surface area contributed by atoms with Crippen LogP contribution in [0.2, 0.25) is 0 Å². The average molecular weight is 755 g/mol. The summed E-state index contributed by atoms with van der Waals surface area (Å²) in [5, 5.41) is 6.84. The molecule has 0 radical (unpaired) electrons. The molecule has 0 atom stereocenters. The van der Waals surface area contributed by atoms with Gasteiger partial charge in [0.1, 0.15) is 0 Å². The van der Waals surface area contributed by atoms with Gasteiger partial charge in [0.15, 0.2) is 0 Å². The van der Waals surface area contributed by atoms with Crippen LogP contribution in [0.15, 0.2) is 237 Å². The third kappa shape index (κ3) is 9.89. The van der Waals surface area contributed by atoms with E-state index in [1.807, 2.05) is 0 Å². The minimum Gasteiger partial charge on any atom is -0.0911 e. The van der Waals surface area contributed by atoms with Gasteiger partial charge in [0.2, 0.25) is 0 Å². The van der Waals surface area contributed by atoms with Gasteiger partial charge in [0, 0.05) is 0 Å². The highest BCUT2D eigenvalue weighted by Crippen LogP contribution is 2.32. The minimum absolute atomic E-state index is 0.870. The van der Waals surface area contributed by atoms with E-state index in [1.54, 1.807) is 0 Å². The molecule has 0 saturated heterocycles. The Balaban J connectivity index is 1.20. The monoisotopic (exact) mass is 754 g/mol. The van der Waals surface area contributed by atoms with E-state index in [2.05, 4.69) is 262 Å². The van der Waals surface area contributed by atoms with Crippen LogP contribution in [-0.2, 0) is 6.42 Å². The first-order chi connectivity index (χ1) is 29.2. The standard InChI is InChI=1S/C59H46/c1-45-40-58(51-30-12-4-2-3-11-24-47-27-17-18-28-49(47)36-38-51)59(57-35-21-34-55(43-57)56-39-37-50-29-19-20-33-54(50)42-56)44-52(45)31-13-5-6-14-32-53(48-25-15-8-16-26-48)41-46-22-9-7-10-23-46/h2-40,42-44H,1,41H2/b3-2?,4-2+,11-3+,12-4?,13-5+,14-6-,24-11?,30-12-,38-36?,47-24-,49-36-,51-30?,51-38+,52-31-,53-32-. The van der Waals surface area contributed by atoms with Crippen LogP contribution in [0.5, 0.6) is 0 Å². The molecule has 0 nitrogen and oxygen atoms in total. The molecule has 0 fully saturated rings. The number of hydrogen-bond acceptors (Lipinski definition) is 0. The zero-order valence-electron chi connectivity index (χ0n) is 33.2. The highest BCUT2D eigenvalue weighted by atomic mass is 14.1. The molecular formula is C59H46. The second kappa shape index (κ2) is 19.1. The van der Waals surface area contributed by atoms with Crippen molar-refractivity contribution in [2.45, 2.75) is 6.42 Å². The van der Waals surface area contributed by atoms with Crippen LogP contribution in [0.25, 0.3) is 69.0 Å². The Bertz CT molecular complexity index is 3050. The summed E-state index contributed by atoms with van der Waals surface area (Å²) in [5.74, 6) is 0. The second-order valence-corrected chi connectivity index (χ2v) is 14.6. The van der Waals surface area contributed by atoms with E-state index in [0.717, 1.165) is 44.3 Å². The van der Waals surface area contributed by atoms with Crippen molar-refractivity contribution < 1.29 is 0 Å². The highest BCUT2D eigenvalue weighted by molar-refractivity contribution is 5.91. The smallest absolute Gasteiger partial charge is 0.00198 e. The lowest BCUT2D eigenvalue weighted by Crippen LogP contribution is -2.24. The van der Waals surface area contributed by atoms with Crippen molar-refractivity contribution >= 4 is 46.7 Å². The van der Waals surface area contributed by atoms with Gasteiger partial charge in [-0.2, -0.15) is 0 Å². The molecule has 0 bridgehead atoms. The maximum absolute atomic E-state index is 4.57. The van der Waals surface area contributed by atoms with Gasteiger partial charge in [-0.25, -0.2) is 0 Å². The third-order valence-electron chi connectivity index (χ3n) is 10.6. The Morgan fingerprint density at radius 1 is 0.458 bits per heavy atom. The number of benzene rings is 7. The Morgan fingerprint density at radius 3 is 1.98 bits per heavy atom. The Morgan fingerprint density at radius 2 is 1.14 bits per heavy atom. The van der Waals surface area contributed by atoms with Gasteiger partial charge in [0.25, 0.3) is 0 Å². The number of hydrogen-bond donors (Lipinski definition) is 0. The number of fused-ring (bicyclic) bond motifs is 2. The summed E-state index contributed by atoms with van der Waals surface area (Å²) in [4.78, 5) is 0. The molecule has 0 N–H and O–H groups in total. The first-order valence-electron chi connectivity index (χ1n) is 20.2. The van der Waals surface area contributed by atoms with Gasteiger partial charge in [-0.15, -0.1) is 0 Å². The van der Waals surface area contributed by atoms with Gasteiger partial charge < -0.3 is 0 Å². The highest BCUT2D eigenvalue weighted by Gasteiger charge is 2.11. The van der Waals surface area contributed by atoms with Crippen LogP contribution < -0.4 is 20.9 Å². The number of allylic oxidation sites excluding steroid dienone is 14. The quantitative estimate of drug-likeness (QED) is 0.129. The summed E-state index contributed by atoms with van der Waals surface area (Å²) in [6.07, 6.45) is 32.9. The summed E-state index contributed by atoms with van der Waals surface area (Å²) < 4.78 is 0. The van der Waals surface area contributed by atoms with Crippen LogP contribution >= 0.6 is 0 Å². The van der Waals surface area contributed by atoms with Gasteiger partial charge in [-0.3, -0.25) is 0 Å². The summed E-state index contributed by atoms with van der Waals surface area (Å²) in [6, 6.07) is 58.5. The Hall–Kier alpha value is -7.54. The molecule has 282 valence electrons. The molecule has 0 spiro atoms. The largest absolute Gasteiger partial charge is 0.0911 e. The molecule has 59 heavy (non-hydrogen) atoms. The first-order valence-corrected chi connectivity index (χ1v) is 20.2. The van der Waals surface area contributed by atoms with Crippen LogP contribution in [0, 0.1) is 0 Å². The second-order valence-electron chi connectivity index (χ2n) is 14.6. The SMILES string of the molecule is C=c1cc(C2=C/C=c3/cccc/c3=C/C=C/C=C/C=C\2)c(-c2cccc(-c3ccc4ccccc4c3)c2)c/c1=C/C=C/C=C\C=C(\Cc1ccccc1)c1ccccc1. The molecule has 0 saturated carbocycles.